The number of aryl methyl sites for hydroxylation is 1. The highest BCUT2D eigenvalue weighted by atomic mass is 16.5. The zero-order valence-corrected chi connectivity index (χ0v) is 15.3. The Morgan fingerprint density at radius 1 is 1.04 bits per heavy atom. The molecule has 0 bridgehead atoms. The van der Waals surface area contributed by atoms with Gasteiger partial charge in [-0.1, -0.05) is 61.5 Å². The van der Waals surface area contributed by atoms with Crippen LogP contribution in [-0.2, 0) is 16.8 Å². The molecule has 134 valence electrons. The minimum absolute atomic E-state index is 0.0132. The third-order valence-corrected chi connectivity index (χ3v) is 5.37. The molecule has 1 aliphatic heterocycles. The summed E-state index contributed by atoms with van der Waals surface area (Å²) in [6.07, 6.45) is 1.01. The largest absolute Gasteiger partial charge is 0.385 e. The van der Waals surface area contributed by atoms with Crippen molar-refractivity contribution in [3.63, 3.8) is 0 Å². The van der Waals surface area contributed by atoms with Crippen LogP contribution < -0.4 is 0 Å². The Hall–Kier alpha value is -1.68. The van der Waals surface area contributed by atoms with Crippen LogP contribution >= 0.6 is 0 Å². The molecule has 1 aliphatic rings. The van der Waals surface area contributed by atoms with Crippen molar-refractivity contribution in [3.8, 4) is 0 Å². The van der Waals surface area contributed by atoms with Crippen molar-refractivity contribution in [2.75, 3.05) is 32.8 Å². The summed E-state index contributed by atoms with van der Waals surface area (Å²) >= 11 is 0. The molecule has 0 radical (unpaired) electrons. The number of morpholine rings is 1. The molecular weight excluding hydrogens is 310 g/mol. The summed E-state index contributed by atoms with van der Waals surface area (Å²) in [6, 6.07) is 18.8. The Balaban J connectivity index is 1.90. The van der Waals surface area contributed by atoms with Gasteiger partial charge >= 0.3 is 0 Å². The first kappa shape index (κ1) is 18.1. The van der Waals surface area contributed by atoms with Crippen molar-refractivity contribution < 1.29 is 9.84 Å². The van der Waals surface area contributed by atoms with Crippen molar-refractivity contribution in [2.24, 2.45) is 0 Å². The minimum Gasteiger partial charge on any atom is -0.385 e. The van der Waals surface area contributed by atoms with Crippen molar-refractivity contribution >= 4 is 0 Å². The van der Waals surface area contributed by atoms with E-state index < -0.39 is 5.60 Å². The standard InChI is InChI=1S/C22H29NO2/c1-3-18-9-11-20(12-10-18)22(2,24)21(19-7-5-4-6-8-19)17-23-13-15-25-16-14-23/h4-12,21,24H,3,13-17H2,1-2H3/t21-,22+/m1/s1. The van der Waals surface area contributed by atoms with Gasteiger partial charge in [0.1, 0.15) is 0 Å². The normalized spacial score (nSPS) is 19.3. The lowest BCUT2D eigenvalue weighted by molar-refractivity contribution is -0.0107. The third kappa shape index (κ3) is 4.30. The minimum atomic E-state index is -0.925. The highest BCUT2D eigenvalue weighted by Crippen LogP contribution is 2.37. The van der Waals surface area contributed by atoms with Crippen molar-refractivity contribution in [1.82, 2.24) is 4.90 Å². The second kappa shape index (κ2) is 8.13. The lowest BCUT2D eigenvalue weighted by atomic mass is 9.78. The molecule has 2 atom stereocenters. The molecule has 0 amide bonds. The molecule has 0 aromatic heterocycles. The monoisotopic (exact) mass is 339 g/mol. The summed E-state index contributed by atoms with van der Waals surface area (Å²) < 4.78 is 5.48. The molecule has 0 saturated carbocycles. The Labute approximate surface area is 151 Å². The van der Waals surface area contributed by atoms with E-state index in [4.69, 9.17) is 4.74 Å². The van der Waals surface area contributed by atoms with Crippen LogP contribution in [0.5, 0.6) is 0 Å². The molecule has 1 fully saturated rings. The van der Waals surface area contributed by atoms with E-state index in [9.17, 15) is 5.11 Å². The van der Waals surface area contributed by atoms with Gasteiger partial charge in [-0.2, -0.15) is 0 Å². The van der Waals surface area contributed by atoms with Crippen molar-refractivity contribution in [1.29, 1.82) is 0 Å². The van der Waals surface area contributed by atoms with E-state index in [1.165, 1.54) is 11.1 Å². The van der Waals surface area contributed by atoms with Gasteiger partial charge in [0.2, 0.25) is 0 Å². The Morgan fingerprint density at radius 2 is 1.68 bits per heavy atom. The van der Waals surface area contributed by atoms with E-state index >= 15 is 0 Å². The number of hydrogen-bond acceptors (Lipinski definition) is 3. The highest BCUT2D eigenvalue weighted by molar-refractivity contribution is 5.33. The predicted molar refractivity (Wildman–Crippen MR) is 102 cm³/mol. The van der Waals surface area contributed by atoms with Crippen molar-refractivity contribution in [2.45, 2.75) is 31.8 Å². The number of ether oxygens (including phenoxy) is 1. The maximum absolute atomic E-state index is 11.5. The first-order valence-corrected chi connectivity index (χ1v) is 9.28. The quantitative estimate of drug-likeness (QED) is 0.873. The summed E-state index contributed by atoms with van der Waals surface area (Å²) in [7, 11) is 0. The summed E-state index contributed by atoms with van der Waals surface area (Å²) in [4.78, 5) is 2.40. The van der Waals surface area contributed by atoms with Gasteiger partial charge in [-0.3, -0.25) is 4.90 Å². The average molecular weight is 339 g/mol. The number of rotatable bonds is 6. The average Bonchev–Trinajstić information content (AvgIpc) is 2.67. The third-order valence-electron chi connectivity index (χ3n) is 5.37. The molecule has 2 aromatic rings. The van der Waals surface area contributed by atoms with Crippen LogP contribution in [0.4, 0.5) is 0 Å². The highest BCUT2D eigenvalue weighted by Gasteiger charge is 2.36. The molecule has 1 N–H and O–H groups in total. The molecule has 1 saturated heterocycles. The predicted octanol–water partition coefficient (Wildman–Crippen LogP) is 3.57. The smallest absolute Gasteiger partial charge is 0.0949 e. The van der Waals surface area contributed by atoms with Crippen LogP contribution in [0.25, 0.3) is 0 Å². The number of hydrogen-bond donors (Lipinski definition) is 1. The Morgan fingerprint density at radius 3 is 2.28 bits per heavy atom. The van der Waals surface area contributed by atoms with Gasteiger partial charge in [-0.05, 0) is 30.0 Å². The van der Waals surface area contributed by atoms with Crippen LogP contribution in [0.1, 0.15) is 36.5 Å². The molecule has 2 aromatic carbocycles. The summed E-state index contributed by atoms with van der Waals surface area (Å²) in [5, 5.41) is 11.5. The van der Waals surface area contributed by atoms with E-state index in [0.29, 0.717) is 0 Å². The Bertz CT molecular complexity index is 645. The van der Waals surface area contributed by atoms with Crippen LogP contribution in [0.2, 0.25) is 0 Å². The first-order valence-electron chi connectivity index (χ1n) is 9.28. The van der Waals surface area contributed by atoms with Gasteiger partial charge in [0.05, 0.1) is 18.8 Å². The van der Waals surface area contributed by atoms with Gasteiger partial charge in [-0.25, -0.2) is 0 Å². The second-order valence-corrected chi connectivity index (χ2v) is 7.07. The molecule has 25 heavy (non-hydrogen) atoms. The van der Waals surface area contributed by atoms with Crippen LogP contribution in [-0.4, -0.2) is 42.9 Å². The summed E-state index contributed by atoms with van der Waals surface area (Å²) in [6.45, 7) is 8.33. The fourth-order valence-electron chi connectivity index (χ4n) is 3.61. The molecule has 3 nitrogen and oxygen atoms in total. The molecule has 0 spiro atoms. The van der Waals surface area contributed by atoms with Crippen molar-refractivity contribution in [3.05, 3.63) is 71.3 Å². The van der Waals surface area contributed by atoms with Gasteiger partial charge in [0.15, 0.2) is 0 Å². The van der Waals surface area contributed by atoms with E-state index in [2.05, 4.69) is 60.4 Å². The Kier molecular flexibility index (Phi) is 5.89. The molecule has 1 heterocycles. The van der Waals surface area contributed by atoms with Crippen LogP contribution in [0, 0.1) is 0 Å². The fourth-order valence-corrected chi connectivity index (χ4v) is 3.61. The molecule has 3 heteroatoms. The van der Waals surface area contributed by atoms with E-state index in [-0.39, 0.29) is 5.92 Å². The van der Waals surface area contributed by atoms with Crippen LogP contribution in [0.3, 0.4) is 0 Å². The lowest BCUT2D eigenvalue weighted by Crippen LogP contribution is -2.43. The van der Waals surface area contributed by atoms with E-state index in [0.717, 1.165) is 44.8 Å². The SMILES string of the molecule is CCc1ccc([C@](C)(O)[C@H](CN2CCOCC2)c2ccccc2)cc1. The van der Waals surface area contributed by atoms with E-state index in [1.54, 1.807) is 0 Å². The second-order valence-electron chi connectivity index (χ2n) is 7.07. The summed E-state index contributed by atoms with van der Waals surface area (Å²) in [5.74, 6) is 0.0132. The molecule has 3 rings (SSSR count). The molecular formula is C22H29NO2. The van der Waals surface area contributed by atoms with Crippen LogP contribution in [0.15, 0.2) is 54.6 Å². The molecule has 0 aliphatic carbocycles. The zero-order valence-electron chi connectivity index (χ0n) is 15.3. The lowest BCUT2D eigenvalue weighted by Gasteiger charge is -2.38. The molecule has 0 unspecified atom stereocenters. The number of benzene rings is 2. The summed E-state index contributed by atoms with van der Waals surface area (Å²) in [5.41, 5.74) is 2.53. The number of aliphatic hydroxyl groups is 1. The van der Waals surface area contributed by atoms with Gasteiger partial charge in [-0.15, -0.1) is 0 Å². The topological polar surface area (TPSA) is 32.7 Å². The number of nitrogens with zero attached hydrogens (tertiary/aromatic N) is 1. The van der Waals surface area contributed by atoms with Gasteiger partial charge < -0.3 is 9.84 Å². The fraction of sp³-hybridized carbons (Fsp3) is 0.455. The zero-order chi connectivity index (χ0) is 17.7. The maximum atomic E-state index is 11.5. The van der Waals surface area contributed by atoms with E-state index in [1.807, 2.05) is 13.0 Å². The van der Waals surface area contributed by atoms with Gasteiger partial charge in [0, 0.05) is 25.6 Å². The van der Waals surface area contributed by atoms with Gasteiger partial charge in [0.25, 0.3) is 0 Å². The maximum Gasteiger partial charge on any atom is 0.0949 e. The first-order chi connectivity index (χ1) is 12.1.